The van der Waals surface area contributed by atoms with Gasteiger partial charge in [-0.2, -0.15) is 0 Å². The highest BCUT2D eigenvalue weighted by Crippen LogP contribution is 2.78. The Morgan fingerprint density at radius 1 is 0.952 bits per heavy atom. The number of carbonyl (C=O) groups excluding carboxylic acids is 2. The van der Waals surface area contributed by atoms with Gasteiger partial charge in [0.15, 0.2) is 0 Å². The lowest BCUT2D eigenvalue weighted by molar-refractivity contribution is -0.142. The van der Waals surface area contributed by atoms with E-state index in [-0.39, 0.29) is 0 Å². The summed E-state index contributed by atoms with van der Waals surface area (Å²) in [4.78, 5) is 41.2. The van der Waals surface area contributed by atoms with E-state index in [0.717, 1.165) is 0 Å². The highest BCUT2D eigenvalue weighted by Gasteiger charge is 2.65. The summed E-state index contributed by atoms with van der Waals surface area (Å²) in [7, 11) is -10.6. The zero-order chi connectivity index (χ0) is 17.2. The number of hydrogen-bond donors (Lipinski definition) is 2. The van der Waals surface area contributed by atoms with Gasteiger partial charge in [0.2, 0.25) is 0 Å². The third-order valence-electron chi connectivity index (χ3n) is 2.04. The summed E-state index contributed by atoms with van der Waals surface area (Å²) >= 11 is 10.8. The molecular weight excluding hydrogens is 369 g/mol. The third kappa shape index (κ3) is 4.95. The Morgan fingerprint density at radius 3 is 1.43 bits per heavy atom. The largest absolute Gasteiger partial charge is 0.483 e. The van der Waals surface area contributed by atoms with E-state index in [9.17, 15) is 18.7 Å². The van der Waals surface area contributed by atoms with Crippen LogP contribution in [-0.4, -0.2) is 25.5 Å². The second kappa shape index (κ2) is 6.99. The SMILES string of the molecule is CC(C)C(=O)OP(=O)(OC(=O)C(C)C)C(Cl)(Cl)P(=O)(O)O. The van der Waals surface area contributed by atoms with E-state index in [1.807, 2.05) is 0 Å². The van der Waals surface area contributed by atoms with Crippen molar-refractivity contribution in [3.05, 3.63) is 0 Å². The van der Waals surface area contributed by atoms with Crippen LogP contribution in [0.15, 0.2) is 0 Å². The van der Waals surface area contributed by atoms with Crippen LogP contribution in [0.5, 0.6) is 0 Å². The second-order valence-electron chi connectivity index (χ2n) is 4.68. The van der Waals surface area contributed by atoms with Crippen LogP contribution in [0.25, 0.3) is 0 Å². The first-order valence-electron chi connectivity index (χ1n) is 5.66. The molecule has 0 fully saturated rings. The van der Waals surface area contributed by atoms with Crippen LogP contribution < -0.4 is 0 Å². The molecular formula is C9H16Cl2O8P2. The lowest BCUT2D eigenvalue weighted by Crippen LogP contribution is -2.25. The molecule has 21 heavy (non-hydrogen) atoms. The molecule has 0 aliphatic rings. The van der Waals surface area contributed by atoms with Crippen LogP contribution in [0.4, 0.5) is 0 Å². The molecule has 0 unspecified atom stereocenters. The van der Waals surface area contributed by atoms with Crippen LogP contribution in [-0.2, 0) is 27.8 Å². The molecule has 8 nitrogen and oxygen atoms in total. The molecule has 0 heterocycles. The van der Waals surface area contributed by atoms with Gasteiger partial charge in [0.1, 0.15) is 0 Å². The van der Waals surface area contributed by atoms with Gasteiger partial charge in [0, 0.05) is 0 Å². The molecule has 2 N–H and O–H groups in total. The first kappa shape index (κ1) is 20.9. The summed E-state index contributed by atoms with van der Waals surface area (Å²) in [5.74, 6) is -3.93. The van der Waals surface area contributed by atoms with E-state index >= 15 is 0 Å². The van der Waals surface area contributed by atoms with Crippen LogP contribution >= 0.6 is 38.4 Å². The molecule has 0 rings (SSSR count). The van der Waals surface area contributed by atoms with Crippen molar-refractivity contribution in [1.82, 2.24) is 0 Å². The second-order valence-corrected chi connectivity index (χ2v) is 11.2. The van der Waals surface area contributed by atoms with Crippen LogP contribution in [0.1, 0.15) is 27.7 Å². The molecule has 0 aromatic rings. The first-order chi connectivity index (χ1) is 9.15. The monoisotopic (exact) mass is 384 g/mol. The predicted molar refractivity (Wildman–Crippen MR) is 75.9 cm³/mol. The highest BCUT2D eigenvalue weighted by molar-refractivity contribution is 7.79. The molecule has 12 heteroatoms. The average molecular weight is 385 g/mol. The van der Waals surface area contributed by atoms with Gasteiger partial charge in [-0.05, 0) is 0 Å². The van der Waals surface area contributed by atoms with Gasteiger partial charge in [-0.25, -0.2) is 4.57 Å². The molecule has 0 amide bonds. The number of carbonyl (C=O) groups is 2. The molecule has 0 atom stereocenters. The van der Waals surface area contributed by atoms with E-state index in [1.54, 1.807) is 0 Å². The maximum atomic E-state index is 12.5. The Bertz CT molecular complexity index is 484. The van der Waals surface area contributed by atoms with Crippen molar-refractivity contribution in [1.29, 1.82) is 0 Å². The van der Waals surface area contributed by atoms with Crippen molar-refractivity contribution in [2.24, 2.45) is 11.8 Å². The number of rotatable bonds is 6. The molecule has 0 aliphatic carbocycles. The maximum absolute atomic E-state index is 12.5. The Hall–Kier alpha value is -0.100. The lowest BCUT2D eigenvalue weighted by Gasteiger charge is -2.28. The number of alkyl halides is 2. The van der Waals surface area contributed by atoms with E-state index in [0.29, 0.717) is 0 Å². The van der Waals surface area contributed by atoms with Crippen molar-refractivity contribution >= 4 is 50.3 Å². The predicted octanol–water partition coefficient (Wildman–Crippen LogP) is 2.84. The highest BCUT2D eigenvalue weighted by atomic mass is 35.5. The molecule has 0 aliphatic heterocycles. The molecule has 0 aromatic carbocycles. The summed E-state index contributed by atoms with van der Waals surface area (Å²) < 4.78 is 29.2. The van der Waals surface area contributed by atoms with E-state index in [2.05, 4.69) is 9.05 Å². The summed E-state index contributed by atoms with van der Waals surface area (Å²) in [6.45, 7) is 5.44. The van der Waals surface area contributed by atoms with Gasteiger partial charge < -0.3 is 18.8 Å². The Kier molecular flexibility index (Phi) is 6.95. The van der Waals surface area contributed by atoms with Gasteiger partial charge in [0.25, 0.3) is 0 Å². The van der Waals surface area contributed by atoms with Gasteiger partial charge >= 0.3 is 30.9 Å². The first-order valence-corrected chi connectivity index (χ1v) is 9.57. The summed E-state index contributed by atoms with van der Waals surface area (Å²) in [6.07, 6.45) is 0. The molecule has 0 spiro atoms. The summed E-state index contributed by atoms with van der Waals surface area (Å²) in [5.41, 5.74) is 0. The standard InChI is InChI=1S/C9H16Cl2O8P2/c1-5(2)7(12)18-21(17,19-8(13)6(3)4)9(10,11)20(14,15)16/h5-6H,1-4H3,(H2,14,15,16). The summed E-state index contributed by atoms with van der Waals surface area (Å²) in [5, 5.41) is 0. The quantitative estimate of drug-likeness (QED) is 0.528. The van der Waals surface area contributed by atoms with E-state index < -0.39 is 42.8 Å². The van der Waals surface area contributed by atoms with Crippen molar-refractivity contribution in [2.45, 2.75) is 31.5 Å². The average Bonchev–Trinajstić information content (AvgIpc) is 2.26. The zero-order valence-electron chi connectivity index (χ0n) is 11.6. The van der Waals surface area contributed by atoms with Gasteiger partial charge in [-0.3, -0.25) is 14.2 Å². The molecule has 124 valence electrons. The van der Waals surface area contributed by atoms with Crippen LogP contribution in [0.3, 0.4) is 0 Å². The normalized spacial score (nSPS) is 13.4. The van der Waals surface area contributed by atoms with Crippen LogP contribution in [0, 0.1) is 11.8 Å². The smallest absolute Gasteiger partial charge is 0.380 e. The molecule has 0 bridgehead atoms. The van der Waals surface area contributed by atoms with E-state index in [4.69, 9.17) is 33.0 Å². The minimum atomic E-state index is -5.45. The van der Waals surface area contributed by atoms with E-state index in [1.165, 1.54) is 27.7 Å². The van der Waals surface area contributed by atoms with Crippen LogP contribution in [0.2, 0.25) is 0 Å². The number of halogens is 2. The number of hydrogen-bond acceptors (Lipinski definition) is 6. The minimum Gasteiger partial charge on any atom is -0.380 e. The van der Waals surface area contributed by atoms with Crippen molar-refractivity contribution in [3.8, 4) is 0 Å². The fraction of sp³-hybridized carbons (Fsp3) is 0.778. The Morgan fingerprint density at radius 2 is 1.24 bits per heavy atom. The van der Waals surface area contributed by atoms with Crippen molar-refractivity contribution in [2.75, 3.05) is 0 Å². The Labute approximate surface area is 131 Å². The zero-order valence-corrected chi connectivity index (χ0v) is 14.9. The minimum absolute atomic E-state index is 0.822. The topological polar surface area (TPSA) is 127 Å². The van der Waals surface area contributed by atoms with Crippen molar-refractivity contribution < 1.29 is 37.6 Å². The molecule has 0 saturated heterocycles. The molecule has 0 aromatic heterocycles. The molecule has 0 saturated carbocycles. The fourth-order valence-corrected chi connectivity index (χ4v) is 3.82. The maximum Gasteiger partial charge on any atom is 0.483 e. The Balaban J connectivity index is 5.79. The third-order valence-corrected chi connectivity index (χ3v) is 8.32. The fourth-order valence-electron chi connectivity index (χ4n) is 0.736. The lowest BCUT2D eigenvalue weighted by atomic mass is 10.2. The van der Waals surface area contributed by atoms with Gasteiger partial charge in [-0.15, -0.1) is 0 Å². The summed E-state index contributed by atoms with van der Waals surface area (Å²) in [6, 6.07) is 0. The van der Waals surface area contributed by atoms with Gasteiger partial charge in [0.05, 0.1) is 11.8 Å². The molecule has 0 radical (unpaired) electrons. The van der Waals surface area contributed by atoms with Gasteiger partial charge in [-0.1, -0.05) is 50.9 Å². The van der Waals surface area contributed by atoms with Crippen molar-refractivity contribution in [3.63, 3.8) is 0 Å².